The molecule has 0 heteroatoms. The first-order valence-corrected chi connectivity index (χ1v) is 7.48. The van der Waals surface area contributed by atoms with Gasteiger partial charge in [0.15, 0.2) is 0 Å². The van der Waals surface area contributed by atoms with Crippen LogP contribution in [0.25, 0.3) is 0 Å². The van der Waals surface area contributed by atoms with Gasteiger partial charge in [-0.05, 0) is 36.0 Å². The quantitative estimate of drug-likeness (QED) is 0.531. The Kier molecular flexibility index (Phi) is 10.4. The monoisotopic (exact) mass is 228 g/mol. The van der Waals surface area contributed by atoms with E-state index in [0.717, 1.165) is 17.8 Å². The van der Waals surface area contributed by atoms with Crippen LogP contribution in [0.1, 0.15) is 81.6 Å². The molecule has 1 fully saturated rings. The van der Waals surface area contributed by atoms with Gasteiger partial charge in [-0.2, -0.15) is 0 Å². The molecule has 0 aromatic heterocycles. The first-order valence-electron chi connectivity index (χ1n) is 7.48. The Morgan fingerprint density at radius 2 is 1.38 bits per heavy atom. The van der Waals surface area contributed by atoms with Gasteiger partial charge in [0.2, 0.25) is 0 Å². The van der Waals surface area contributed by atoms with Crippen molar-refractivity contribution in [3.8, 4) is 0 Å². The highest BCUT2D eigenvalue weighted by molar-refractivity contribution is 4.91. The van der Waals surface area contributed by atoms with E-state index in [0.29, 0.717) is 5.41 Å². The van der Waals surface area contributed by atoms with Gasteiger partial charge in [0.1, 0.15) is 0 Å². The van der Waals surface area contributed by atoms with E-state index in [4.69, 9.17) is 0 Å². The lowest BCUT2D eigenvalue weighted by Crippen LogP contribution is -2.30. The zero-order chi connectivity index (χ0) is 13.4. The predicted octanol–water partition coefficient (Wildman–Crippen LogP) is 6.16. The van der Waals surface area contributed by atoms with Crippen LogP contribution in [-0.4, -0.2) is 0 Å². The maximum Gasteiger partial charge on any atom is -0.0272 e. The molecule has 100 valence electrons. The summed E-state index contributed by atoms with van der Waals surface area (Å²) >= 11 is 0. The smallest absolute Gasteiger partial charge is 0.0272 e. The maximum atomic E-state index is 2.50. The number of rotatable bonds is 2. The summed E-state index contributed by atoms with van der Waals surface area (Å²) in [4.78, 5) is 0. The Labute approximate surface area is 105 Å². The molecule has 0 aliphatic heterocycles. The first kappa shape index (κ1) is 18.4. The molecule has 2 atom stereocenters. The molecule has 0 N–H and O–H groups in total. The number of hydrogen-bond donors (Lipinski definition) is 0. The minimum absolute atomic E-state index is 0.633. The summed E-state index contributed by atoms with van der Waals surface area (Å²) < 4.78 is 0. The molecule has 0 aromatic rings. The standard InChI is InChI=1S/C12H24.2C2H6/c1-9(2)11-7-6-8-12(11,5)10(3)4;2*1-2/h9-11H,6-8H2,1-5H3;2*1-2H3. The highest BCUT2D eigenvalue weighted by atomic mass is 14.5. The van der Waals surface area contributed by atoms with Crippen molar-refractivity contribution in [1.29, 1.82) is 0 Å². The second-order valence-corrected chi connectivity index (χ2v) is 5.40. The minimum atomic E-state index is 0.633. The fourth-order valence-corrected chi connectivity index (χ4v) is 3.03. The SMILES string of the molecule is CC.CC.CC(C)C1CCCC1(C)C(C)C. The van der Waals surface area contributed by atoms with Crippen LogP contribution in [0.4, 0.5) is 0 Å². The Morgan fingerprint density at radius 3 is 1.62 bits per heavy atom. The average Bonchev–Trinajstić information content (AvgIpc) is 2.68. The molecule has 0 radical (unpaired) electrons. The maximum absolute atomic E-state index is 2.50. The van der Waals surface area contributed by atoms with Crippen LogP contribution in [0, 0.1) is 23.2 Å². The van der Waals surface area contributed by atoms with Crippen LogP contribution in [0.15, 0.2) is 0 Å². The van der Waals surface area contributed by atoms with E-state index >= 15 is 0 Å². The second kappa shape index (κ2) is 9.07. The normalized spacial score (nSPS) is 28.3. The summed E-state index contributed by atoms with van der Waals surface area (Å²) in [6.45, 7) is 20.0. The molecule has 1 saturated carbocycles. The summed E-state index contributed by atoms with van der Waals surface area (Å²) in [6.07, 6.45) is 4.37. The van der Waals surface area contributed by atoms with E-state index in [1.807, 2.05) is 27.7 Å². The molecule has 0 saturated heterocycles. The first-order chi connectivity index (χ1) is 7.48. The molecule has 1 aliphatic rings. The summed E-state index contributed by atoms with van der Waals surface area (Å²) in [7, 11) is 0. The molecule has 1 rings (SSSR count). The van der Waals surface area contributed by atoms with E-state index in [-0.39, 0.29) is 0 Å². The topological polar surface area (TPSA) is 0 Å². The summed E-state index contributed by atoms with van der Waals surface area (Å²) in [5.74, 6) is 2.70. The Balaban J connectivity index is 0. The van der Waals surface area contributed by atoms with Gasteiger partial charge < -0.3 is 0 Å². The van der Waals surface area contributed by atoms with Crippen molar-refractivity contribution < 1.29 is 0 Å². The van der Waals surface area contributed by atoms with E-state index in [9.17, 15) is 0 Å². The number of hydrogen-bond acceptors (Lipinski definition) is 0. The van der Waals surface area contributed by atoms with Crippen LogP contribution in [0.5, 0.6) is 0 Å². The van der Waals surface area contributed by atoms with Gasteiger partial charge in [0, 0.05) is 0 Å². The van der Waals surface area contributed by atoms with Gasteiger partial charge in [-0.25, -0.2) is 0 Å². The van der Waals surface area contributed by atoms with Crippen LogP contribution in [-0.2, 0) is 0 Å². The van der Waals surface area contributed by atoms with Crippen LogP contribution < -0.4 is 0 Å². The van der Waals surface area contributed by atoms with Crippen molar-refractivity contribution in [3.63, 3.8) is 0 Å². The zero-order valence-electron chi connectivity index (χ0n) is 13.4. The van der Waals surface area contributed by atoms with E-state index in [1.165, 1.54) is 19.3 Å². The third-order valence-electron chi connectivity index (χ3n) is 4.20. The van der Waals surface area contributed by atoms with Gasteiger partial charge in [-0.3, -0.25) is 0 Å². The third kappa shape index (κ3) is 4.47. The molecule has 0 bridgehead atoms. The average molecular weight is 228 g/mol. The zero-order valence-corrected chi connectivity index (χ0v) is 13.4. The molecule has 0 aromatic carbocycles. The van der Waals surface area contributed by atoms with Crippen LogP contribution in [0.3, 0.4) is 0 Å². The Hall–Kier alpha value is 0. The largest absolute Gasteiger partial charge is 0.0683 e. The molecule has 0 spiro atoms. The molecule has 16 heavy (non-hydrogen) atoms. The summed E-state index contributed by atoms with van der Waals surface area (Å²) in [5.41, 5.74) is 0.633. The lowest BCUT2D eigenvalue weighted by Gasteiger charge is -2.38. The fraction of sp³-hybridized carbons (Fsp3) is 1.00. The molecular formula is C16H36. The lowest BCUT2D eigenvalue weighted by atomic mass is 9.67. The lowest BCUT2D eigenvalue weighted by molar-refractivity contribution is 0.111. The molecular weight excluding hydrogens is 192 g/mol. The van der Waals surface area contributed by atoms with Crippen molar-refractivity contribution in [1.82, 2.24) is 0 Å². The Morgan fingerprint density at radius 1 is 0.938 bits per heavy atom. The van der Waals surface area contributed by atoms with E-state index in [2.05, 4.69) is 34.6 Å². The van der Waals surface area contributed by atoms with Gasteiger partial charge in [0.25, 0.3) is 0 Å². The van der Waals surface area contributed by atoms with Crippen molar-refractivity contribution in [2.75, 3.05) is 0 Å². The molecule has 0 nitrogen and oxygen atoms in total. The van der Waals surface area contributed by atoms with Gasteiger partial charge >= 0.3 is 0 Å². The van der Waals surface area contributed by atoms with Crippen molar-refractivity contribution in [3.05, 3.63) is 0 Å². The van der Waals surface area contributed by atoms with Crippen molar-refractivity contribution in [2.24, 2.45) is 23.2 Å². The summed E-state index contributed by atoms with van der Waals surface area (Å²) in [6, 6.07) is 0. The van der Waals surface area contributed by atoms with Crippen molar-refractivity contribution >= 4 is 0 Å². The second-order valence-electron chi connectivity index (χ2n) is 5.40. The fourth-order valence-electron chi connectivity index (χ4n) is 3.03. The highest BCUT2D eigenvalue weighted by Crippen LogP contribution is 2.51. The van der Waals surface area contributed by atoms with Gasteiger partial charge in [-0.15, -0.1) is 0 Å². The molecule has 0 amide bonds. The van der Waals surface area contributed by atoms with Gasteiger partial charge in [0.05, 0.1) is 0 Å². The third-order valence-corrected chi connectivity index (χ3v) is 4.20. The molecule has 2 unspecified atom stereocenters. The van der Waals surface area contributed by atoms with Gasteiger partial charge in [-0.1, -0.05) is 68.7 Å². The highest BCUT2D eigenvalue weighted by Gasteiger charge is 2.41. The molecule has 0 heterocycles. The molecule has 1 aliphatic carbocycles. The minimum Gasteiger partial charge on any atom is -0.0683 e. The van der Waals surface area contributed by atoms with E-state index < -0.39 is 0 Å². The Bertz CT molecular complexity index is 146. The van der Waals surface area contributed by atoms with Crippen LogP contribution in [0.2, 0.25) is 0 Å². The summed E-state index contributed by atoms with van der Waals surface area (Å²) in [5, 5.41) is 0. The van der Waals surface area contributed by atoms with E-state index in [1.54, 1.807) is 0 Å². The van der Waals surface area contributed by atoms with Crippen molar-refractivity contribution in [2.45, 2.75) is 81.6 Å². The van der Waals surface area contributed by atoms with Crippen LogP contribution >= 0.6 is 0 Å². The predicted molar refractivity (Wildman–Crippen MR) is 77.8 cm³/mol.